The van der Waals surface area contributed by atoms with Crippen molar-refractivity contribution in [1.82, 2.24) is 10.6 Å². The molecular weight excluding hydrogens is 444 g/mol. The normalized spacial score (nSPS) is 17.3. The van der Waals surface area contributed by atoms with Crippen molar-refractivity contribution < 1.29 is 24.2 Å². The zero-order valence-corrected chi connectivity index (χ0v) is 20.4. The third-order valence-electron chi connectivity index (χ3n) is 7.49. The Morgan fingerprint density at radius 3 is 2.17 bits per heavy atom. The number of fused-ring (bicyclic) bond motifs is 3. The fourth-order valence-corrected chi connectivity index (χ4v) is 5.14. The van der Waals surface area contributed by atoms with Crippen LogP contribution in [0.25, 0.3) is 11.1 Å². The van der Waals surface area contributed by atoms with Crippen LogP contribution in [-0.2, 0) is 14.3 Å². The highest BCUT2D eigenvalue weighted by Gasteiger charge is 2.41. The quantitative estimate of drug-likeness (QED) is 0.453. The van der Waals surface area contributed by atoms with Gasteiger partial charge in [-0.2, -0.15) is 0 Å². The van der Waals surface area contributed by atoms with Gasteiger partial charge in [-0.1, -0.05) is 68.8 Å². The Labute approximate surface area is 206 Å². The molecule has 1 fully saturated rings. The predicted octanol–water partition coefficient (Wildman–Crippen LogP) is 4.84. The van der Waals surface area contributed by atoms with Crippen LogP contribution < -0.4 is 10.6 Å². The summed E-state index contributed by atoms with van der Waals surface area (Å²) in [5.41, 5.74) is 3.91. The summed E-state index contributed by atoms with van der Waals surface area (Å²) in [5.74, 6) is -1.25. The van der Waals surface area contributed by atoms with Crippen molar-refractivity contribution in [1.29, 1.82) is 0 Å². The van der Waals surface area contributed by atoms with Crippen LogP contribution in [-0.4, -0.2) is 41.3 Å². The third-order valence-corrected chi connectivity index (χ3v) is 7.49. The highest BCUT2D eigenvalue weighted by molar-refractivity contribution is 5.85. The Kier molecular flexibility index (Phi) is 7.43. The second-order valence-electron chi connectivity index (χ2n) is 9.97. The number of nitrogens with one attached hydrogen (secondary N) is 2. The second kappa shape index (κ2) is 10.5. The number of rotatable bonds is 10. The first-order valence-corrected chi connectivity index (χ1v) is 12.5. The van der Waals surface area contributed by atoms with Gasteiger partial charge in [0.2, 0.25) is 5.91 Å². The lowest BCUT2D eigenvalue weighted by Gasteiger charge is -2.41. The first-order valence-electron chi connectivity index (χ1n) is 12.5. The minimum Gasteiger partial charge on any atom is -0.480 e. The van der Waals surface area contributed by atoms with E-state index in [-0.39, 0.29) is 30.8 Å². The summed E-state index contributed by atoms with van der Waals surface area (Å²) in [6.45, 7) is 4.17. The fraction of sp³-hybridized carbons (Fsp3) is 0.464. The maximum atomic E-state index is 12.8. The molecule has 35 heavy (non-hydrogen) atoms. The Hall–Kier alpha value is -3.35. The zero-order chi connectivity index (χ0) is 25.0. The molecule has 0 radical (unpaired) electrons. The van der Waals surface area contributed by atoms with E-state index in [0.717, 1.165) is 35.1 Å². The summed E-state index contributed by atoms with van der Waals surface area (Å²) in [7, 11) is 0. The van der Waals surface area contributed by atoms with E-state index >= 15 is 0 Å². The number of hydrogen-bond acceptors (Lipinski definition) is 4. The number of benzene rings is 2. The van der Waals surface area contributed by atoms with Crippen LogP contribution in [0.3, 0.4) is 0 Å². The van der Waals surface area contributed by atoms with Crippen molar-refractivity contribution in [3.8, 4) is 11.1 Å². The standard InChI is InChI=1S/C28H34N2O5/c1-3-18(2)15-24(26(32)33)29-25(31)16-28(13-8-14-28)30-27(34)35-17-23-21-11-6-4-9-19(21)20-10-5-7-12-22(20)23/h4-7,9-12,18,23-24H,3,8,13-17H2,1-2H3,(H,29,31)(H,30,34)(H,32,33). The summed E-state index contributed by atoms with van der Waals surface area (Å²) < 4.78 is 5.66. The second-order valence-corrected chi connectivity index (χ2v) is 9.97. The molecule has 2 amide bonds. The van der Waals surface area contributed by atoms with E-state index in [1.165, 1.54) is 0 Å². The molecule has 2 aliphatic carbocycles. The third kappa shape index (κ3) is 5.50. The van der Waals surface area contributed by atoms with Gasteiger partial charge in [-0.25, -0.2) is 9.59 Å². The van der Waals surface area contributed by atoms with Gasteiger partial charge in [0.1, 0.15) is 12.6 Å². The van der Waals surface area contributed by atoms with Crippen LogP contribution in [0.1, 0.15) is 69.4 Å². The molecule has 1 saturated carbocycles. The van der Waals surface area contributed by atoms with Crippen LogP contribution in [0.5, 0.6) is 0 Å². The molecule has 0 heterocycles. The van der Waals surface area contributed by atoms with Crippen molar-refractivity contribution in [3.63, 3.8) is 0 Å². The maximum absolute atomic E-state index is 12.8. The molecule has 2 aromatic carbocycles. The van der Waals surface area contributed by atoms with E-state index in [2.05, 4.69) is 34.9 Å². The number of hydrogen-bond donors (Lipinski definition) is 3. The first kappa shape index (κ1) is 24.8. The van der Waals surface area contributed by atoms with Gasteiger partial charge >= 0.3 is 12.1 Å². The van der Waals surface area contributed by atoms with Gasteiger partial charge in [0, 0.05) is 12.3 Å². The molecule has 0 spiro atoms. The zero-order valence-electron chi connectivity index (χ0n) is 20.4. The number of ether oxygens (including phenoxy) is 1. The van der Waals surface area contributed by atoms with Crippen LogP contribution >= 0.6 is 0 Å². The van der Waals surface area contributed by atoms with E-state index in [1.807, 2.05) is 38.1 Å². The van der Waals surface area contributed by atoms with Crippen LogP contribution in [0, 0.1) is 5.92 Å². The molecule has 2 aliphatic rings. The van der Waals surface area contributed by atoms with Gasteiger partial charge in [-0.15, -0.1) is 0 Å². The molecule has 0 bridgehead atoms. The predicted molar refractivity (Wildman–Crippen MR) is 133 cm³/mol. The van der Waals surface area contributed by atoms with Gasteiger partial charge < -0.3 is 20.5 Å². The smallest absolute Gasteiger partial charge is 0.407 e. The fourth-order valence-electron chi connectivity index (χ4n) is 5.14. The monoisotopic (exact) mass is 478 g/mol. The van der Waals surface area contributed by atoms with E-state index in [0.29, 0.717) is 19.3 Å². The number of carboxylic acid groups (broad SMARTS) is 1. The molecule has 0 aromatic heterocycles. The molecule has 7 nitrogen and oxygen atoms in total. The van der Waals surface area contributed by atoms with E-state index in [9.17, 15) is 19.5 Å². The Balaban J connectivity index is 1.35. The van der Waals surface area contributed by atoms with Gasteiger partial charge in [0.05, 0.1) is 5.54 Å². The summed E-state index contributed by atoms with van der Waals surface area (Å²) >= 11 is 0. The van der Waals surface area contributed by atoms with E-state index in [4.69, 9.17) is 4.74 Å². The summed E-state index contributed by atoms with van der Waals surface area (Å²) in [6, 6.07) is 15.4. The van der Waals surface area contributed by atoms with Crippen molar-refractivity contribution in [2.75, 3.05) is 6.61 Å². The molecule has 3 N–H and O–H groups in total. The van der Waals surface area contributed by atoms with Crippen LogP contribution in [0.4, 0.5) is 4.79 Å². The minimum atomic E-state index is -1.04. The van der Waals surface area contributed by atoms with Crippen molar-refractivity contribution >= 4 is 18.0 Å². The van der Waals surface area contributed by atoms with E-state index in [1.54, 1.807) is 0 Å². The summed E-state index contributed by atoms with van der Waals surface area (Å²) in [6.07, 6.45) is 2.93. The highest BCUT2D eigenvalue weighted by atomic mass is 16.5. The molecule has 0 aliphatic heterocycles. The molecule has 2 atom stereocenters. The molecule has 7 heteroatoms. The number of amides is 2. The van der Waals surface area contributed by atoms with Crippen LogP contribution in [0.15, 0.2) is 48.5 Å². The molecule has 4 rings (SSSR count). The largest absolute Gasteiger partial charge is 0.480 e. The molecule has 186 valence electrons. The molecule has 2 aromatic rings. The van der Waals surface area contributed by atoms with Gasteiger partial charge in [-0.05, 0) is 53.9 Å². The average Bonchev–Trinajstić information content (AvgIpc) is 3.14. The Morgan fingerprint density at radius 2 is 1.66 bits per heavy atom. The lowest BCUT2D eigenvalue weighted by Crippen LogP contribution is -2.57. The molecular formula is C28H34N2O5. The van der Waals surface area contributed by atoms with E-state index < -0.39 is 23.6 Å². The summed E-state index contributed by atoms with van der Waals surface area (Å²) in [4.78, 5) is 37.1. The average molecular weight is 479 g/mol. The van der Waals surface area contributed by atoms with Crippen LogP contribution in [0.2, 0.25) is 0 Å². The minimum absolute atomic E-state index is 0.0364. The Morgan fingerprint density at radius 1 is 1.06 bits per heavy atom. The topological polar surface area (TPSA) is 105 Å². The van der Waals surface area contributed by atoms with Gasteiger partial charge in [0.15, 0.2) is 0 Å². The lowest BCUT2D eigenvalue weighted by atomic mass is 9.74. The number of carbonyl (C=O) groups is 3. The van der Waals surface area contributed by atoms with Gasteiger partial charge in [-0.3, -0.25) is 4.79 Å². The van der Waals surface area contributed by atoms with Gasteiger partial charge in [0.25, 0.3) is 0 Å². The number of carbonyl (C=O) groups excluding carboxylic acids is 2. The number of alkyl carbamates (subject to hydrolysis) is 1. The molecule has 2 unspecified atom stereocenters. The van der Waals surface area contributed by atoms with Crippen molar-refractivity contribution in [3.05, 3.63) is 59.7 Å². The molecule has 0 saturated heterocycles. The highest BCUT2D eigenvalue weighted by Crippen LogP contribution is 2.44. The summed E-state index contributed by atoms with van der Waals surface area (Å²) in [5, 5.41) is 15.1. The number of carboxylic acids is 1. The maximum Gasteiger partial charge on any atom is 0.407 e. The number of aliphatic carboxylic acids is 1. The van der Waals surface area contributed by atoms with Crippen molar-refractivity contribution in [2.45, 2.75) is 69.9 Å². The first-order chi connectivity index (χ1) is 16.8. The lowest BCUT2D eigenvalue weighted by molar-refractivity contribution is -0.142. The Bertz CT molecular complexity index is 1050. The SMILES string of the molecule is CCC(C)CC(NC(=O)CC1(NC(=O)OCC2c3ccccc3-c3ccccc32)CCC1)C(=O)O. The van der Waals surface area contributed by atoms with Crippen molar-refractivity contribution in [2.24, 2.45) is 5.92 Å².